The Morgan fingerprint density at radius 3 is 2.24 bits per heavy atom. The van der Waals surface area contributed by atoms with Crippen molar-refractivity contribution in [3.63, 3.8) is 0 Å². The summed E-state index contributed by atoms with van der Waals surface area (Å²) in [6.07, 6.45) is 1.18. The second-order valence-electron chi connectivity index (χ2n) is 4.73. The number of alkyl halides is 1. The summed E-state index contributed by atoms with van der Waals surface area (Å²) in [6.45, 7) is 0. The van der Waals surface area contributed by atoms with Crippen LogP contribution in [0.15, 0.2) is 48.5 Å². The molecule has 4 heteroatoms. The maximum Gasteiger partial charge on any atom is 0.224 e. The van der Waals surface area contributed by atoms with E-state index in [-0.39, 0.29) is 5.91 Å². The summed E-state index contributed by atoms with van der Waals surface area (Å²) in [5, 5.41) is 3.73. The minimum absolute atomic E-state index is 0.0254. The fraction of sp³-hybridized carbons (Fsp3) is 0.235. The lowest BCUT2D eigenvalue weighted by molar-refractivity contribution is -0.116. The van der Waals surface area contributed by atoms with Crippen LogP contribution in [0.4, 0.5) is 5.69 Å². The van der Waals surface area contributed by atoms with E-state index in [4.69, 9.17) is 4.74 Å². The van der Waals surface area contributed by atoms with Gasteiger partial charge in [-0.25, -0.2) is 0 Å². The molecule has 0 saturated carbocycles. The molecule has 0 spiro atoms. The van der Waals surface area contributed by atoms with Crippen molar-refractivity contribution < 1.29 is 9.53 Å². The Hall–Kier alpha value is -1.81. The van der Waals surface area contributed by atoms with Gasteiger partial charge in [-0.05, 0) is 41.8 Å². The second-order valence-corrected chi connectivity index (χ2v) is 5.29. The Labute approximate surface area is 133 Å². The summed E-state index contributed by atoms with van der Waals surface area (Å²) in [5.41, 5.74) is 3.14. The van der Waals surface area contributed by atoms with E-state index >= 15 is 0 Å². The lowest BCUT2D eigenvalue weighted by Crippen LogP contribution is -2.12. The van der Waals surface area contributed by atoms with Gasteiger partial charge in [0.2, 0.25) is 5.91 Å². The Morgan fingerprint density at radius 1 is 1.05 bits per heavy atom. The number of methoxy groups -OCH3 is 1. The zero-order chi connectivity index (χ0) is 15.1. The van der Waals surface area contributed by atoms with Crippen LogP contribution in [0.1, 0.15) is 17.5 Å². The van der Waals surface area contributed by atoms with Crippen LogP contribution in [0.2, 0.25) is 0 Å². The van der Waals surface area contributed by atoms with Crippen LogP contribution >= 0.6 is 15.9 Å². The Balaban J connectivity index is 1.83. The van der Waals surface area contributed by atoms with Gasteiger partial charge in [-0.3, -0.25) is 4.79 Å². The van der Waals surface area contributed by atoms with Crippen LogP contribution in [-0.4, -0.2) is 13.0 Å². The van der Waals surface area contributed by atoms with Crippen LogP contribution in [-0.2, 0) is 16.5 Å². The number of carbonyl (C=O) groups excluding carboxylic acids is 1. The van der Waals surface area contributed by atoms with Gasteiger partial charge in [-0.15, -0.1) is 0 Å². The molecule has 1 amide bonds. The molecule has 0 fully saturated rings. The molecule has 0 saturated heterocycles. The zero-order valence-electron chi connectivity index (χ0n) is 11.9. The SMILES string of the molecule is COc1ccc(CCC(=O)Nc2ccc(CBr)cc2)cc1. The van der Waals surface area contributed by atoms with Gasteiger partial charge in [0.15, 0.2) is 0 Å². The Morgan fingerprint density at radius 2 is 1.67 bits per heavy atom. The van der Waals surface area contributed by atoms with Crippen molar-refractivity contribution in [1.29, 1.82) is 0 Å². The number of aryl methyl sites for hydroxylation is 1. The van der Waals surface area contributed by atoms with Crippen molar-refractivity contribution in [1.82, 2.24) is 0 Å². The number of anilines is 1. The molecule has 0 aromatic heterocycles. The average Bonchev–Trinajstić information content (AvgIpc) is 2.54. The molecule has 2 aromatic carbocycles. The number of amides is 1. The molecular weight excluding hydrogens is 330 g/mol. The molecule has 3 nitrogen and oxygen atoms in total. The van der Waals surface area contributed by atoms with Gasteiger partial charge in [0.05, 0.1) is 7.11 Å². The van der Waals surface area contributed by atoms with Crippen molar-refractivity contribution in [2.24, 2.45) is 0 Å². The molecule has 0 aliphatic rings. The summed E-state index contributed by atoms with van der Waals surface area (Å²) in [7, 11) is 1.64. The van der Waals surface area contributed by atoms with Gasteiger partial charge >= 0.3 is 0 Å². The van der Waals surface area contributed by atoms with Crippen LogP contribution in [0.3, 0.4) is 0 Å². The highest BCUT2D eigenvalue weighted by Crippen LogP contribution is 2.14. The number of hydrogen-bond acceptors (Lipinski definition) is 2. The summed E-state index contributed by atoms with van der Waals surface area (Å²) < 4.78 is 5.11. The first kappa shape index (κ1) is 15.6. The largest absolute Gasteiger partial charge is 0.497 e. The van der Waals surface area contributed by atoms with Crippen molar-refractivity contribution in [2.75, 3.05) is 12.4 Å². The molecule has 0 heterocycles. The van der Waals surface area contributed by atoms with Gasteiger partial charge in [0, 0.05) is 17.4 Å². The number of nitrogens with one attached hydrogen (secondary N) is 1. The third-order valence-electron chi connectivity index (χ3n) is 3.19. The molecule has 0 aliphatic carbocycles. The number of hydrogen-bond donors (Lipinski definition) is 1. The van der Waals surface area contributed by atoms with Crippen LogP contribution in [0.5, 0.6) is 5.75 Å². The fourth-order valence-electron chi connectivity index (χ4n) is 1.95. The summed E-state index contributed by atoms with van der Waals surface area (Å²) in [6, 6.07) is 15.6. The van der Waals surface area contributed by atoms with Crippen molar-refractivity contribution in [3.05, 3.63) is 59.7 Å². The smallest absolute Gasteiger partial charge is 0.224 e. The molecule has 0 radical (unpaired) electrons. The van der Waals surface area contributed by atoms with Gasteiger partial charge in [0.25, 0.3) is 0 Å². The number of halogens is 1. The Kier molecular flexibility index (Phi) is 5.81. The topological polar surface area (TPSA) is 38.3 Å². The maximum atomic E-state index is 11.9. The number of benzene rings is 2. The predicted molar refractivity (Wildman–Crippen MR) is 89.0 cm³/mol. The van der Waals surface area contributed by atoms with E-state index in [1.54, 1.807) is 7.11 Å². The van der Waals surface area contributed by atoms with E-state index < -0.39 is 0 Å². The molecule has 0 unspecified atom stereocenters. The second kappa shape index (κ2) is 7.84. The fourth-order valence-corrected chi connectivity index (χ4v) is 2.32. The average molecular weight is 348 g/mol. The highest BCUT2D eigenvalue weighted by Gasteiger charge is 2.03. The van der Waals surface area contributed by atoms with E-state index in [0.29, 0.717) is 6.42 Å². The monoisotopic (exact) mass is 347 g/mol. The van der Waals surface area contributed by atoms with Crippen molar-refractivity contribution in [3.8, 4) is 5.75 Å². The minimum Gasteiger partial charge on any atom is -0.497 e. The third kappa shape index (κ3) is 4.90. The molecule has 2 rings (SSSR count). The number of rotatable bonds is 6. The van der Waals surface area contributed by atoms with E-state index in [1.807, 2.05) is 48.5 Å². The minimum atomic E-state index is 0.0254. The molecule has 0 atom stereocenters. The first-order chi connectivity index (χ1) is 10.2. The lowest BCUT2D eigenvalue weighted by Gasteiger charge is -2.06. The quantitative estimate of drug-likeness (QED) is 0.796. The summed E-state index contributed by atoms with van der Waals surface area (Å²) >= 11 is 3.40. The molecule has 1 N–H and O–H groups in total. The van der Waals surface area contributed by atoms with Gasteiger partial charge in [0.1, 0.15) is 5.75 Å². The standard InChI is InChI=1S/C17H18BrNO2/c1-21-16-9-4-13(5-10-16)6-11-17(20)19-15-7-2-14(12-18)3-8-15/h2-5,7-10H,6,11-12H2,1H3,(H,19,20). The summed E-state index contributed by atoms with van der Waals surface area (Å²) in [5.74, 6) is 0.854. The number of ether oxygens (including phenoxy) is 1. The van der Waals surface area contributed by atoms with Crippen molar-refractivity contribution in [2.45, 2.75) is 18.2 Å². The highest BCUT2D eigenvalue weighted by atomic mass is 79.9. The van der Waals surface area contributed by atoms with E-state index in [9.17, 15) is 4.79 Å². The molecular formula is C17H18BrNO2. The number of carbonyl (C=O) groups is 1. The van der Waals surface area contributed by atoms with Crippen LogP contribution < -0.4 is 10.1 Å². The van der Waals surface area contributed by atoms with E-state index in [1.165, 1.54) is 5.56 Å². The first-order valence-electron chi connectivity index (χ1n) is 6.79. The lowest BCUT2D eigenvalue weighted by atomic mass is 10.1. The van der Waals surface area contributed by atoms with Gasteiger partial charge < -0.3 is 10.1 Å². The van der Waals surface area contributed by atoms with Crippen molar-refractivity contribution >= 4 is 27.5 Å². The normalized spacial score (nSPS) is 10.2. The van der Waals surface area contributed by atoms with Crippen LogP contribution in [0.25, 0.3) is 0 Å². The van der Waals surface area contributed by atoms with Gasteiger partial charge in [-0.1, -0.05) is 40.2 Å². The molecule has 0 bridgehead atoms. The summed E-state index contributed by atoms with van der Waals surface area (Å²) in [4.78, 5) is 11.9. The van der Waals surface area contributed by atoms with Gasteiger partial charge in [-0.2, -0.15) is 0 Å². The predicted octanol–water partition coefficient (Wildman–Crippen LogP) is 4.16. The molecule has 110 valence electrons. The van der Waals surface area contributed by atoms with E-state index in [2.05, 4.69) is 21.2 Å². The molecule has 2 aromatic rings. The zero-order valence-corrected chi connectivity index (χ0v) is 13.5. The Bertz CT molecular complexity index is 579. The highest BCUT2D eigenvalue weighted by molar-refractivity contribution is 9.08. The molecule has 0 aliphatic heterocycles. The van der Waals surface area contributed by atoms with Crippen LogP contribution in [0, 0.1) is 0 Å². The van der Waals surface area contributed by atoms with E-state index in [0.717, 1.165) is 28.8 Å². The molecule has 21 heavy (non-hydrogen) atoms. The first-order valence-corrected chi connectivity index (χ1v) is 7.91. The maximum absolute atomic E-state index is 11.9. The third-order valence-corrected chi connectivity index (χ3v) is 3.84.